The van der Waals surface area contributed by atoms with Crippen LogP contribution in [-0.4, -0.2) is 30.8 Å². The van der Waals surface area contributed by atoms with Crippen LogP contribution >= 0.6 is 0 Å². The van der Waals surface area contributed by atoms with Gasteiger partial charge in [-0.05, 0) is 25.2 Å². The van der Waals surface area contributed by atoms with Gasteiger partial charge in [0, 0.05) is 19.8 Å². The molecule has 5 N–H and O–H groups in total. The summed E-state index contributed by atoms with van der Waals surface area (Å²) in [5, 5.41) is 1.13. The highest BCUT2D eigenvalue weighted by molar-refractivity contribution is 5.72. The van der Waals surface area contributed by atoms with Crippen molar-refractivity contribution in [1.29, 1.82) is 0 Å². The number of hydrogen-bond acceptors (Lipinski definition) is 4. The number of hydrazine groups is 2. The van der Waals surface area contributed by atoms with Gasteiger partial charge in [-0.1, -0.05) is 44.9 Å². The first kappa shape index (κ1) is 18.2. The molecule has 1 rings (SSSR count). The highest BCUT2D eigenvalue weighted by atomic mass is 16.5. The lowest BCUT2D eigenvalue weighted by molar-refractivity contribution is 0.183. The first-order valence-electron chi connectivity index (χ1n) is 8.34. The first-order valence-corrected chi connectivity index (χ1v) is 8.34. The molecule has 0 aliphatic carbocycles. The zero-order chi connectivity index (χ0) is 15.3. The Labute approximate surface area is 128 Å². The molecule has 124 valence electrons. The van der Waals surface area contributed by atoms with E-state index in [0.717, 1.165) is 37.0 Å². The van der Waals surface area contributed by atoms with E-state index >= 15 is 0 Å². The molecule has 1 unspecified atom stereocenters. The lowest BCUT2D eigenvalue weighted by atomic mass is 9.99. The van der Waals surface area contributed by atoms with Crippen LogP contribution in [0.15, 0.2) is 0 Å². The molecule has 1 fully saturated rings. The number of urea groups is 1. The summed E-state index contributed by atoms with van der Waals surface area (Å²) in [5.74, 6) is 11.3. The van der Waals surface area contributed by atoms with E-state index in [2.05, 4.69) is 0 Å². The molecule has 0 aromatic heterocycles. The summed E-state index contributed by atoms with van der Waals surface area (Å²) in [6.07, 6.45) is 12.5. The minimum absolute atomic E-state index is 0.428. The number of nitrogens with one attached hydrogen (secondary N) is 1. The van der Waals surface area contributed by atoms with Crippen molar-refractivity contribution in [2.45, 2.75) is 64.2 Å². The van der Waals surface area contributed by atoms with E-state index in [1.165, 1.54) is 51.4 Å². The van der Waals surface area contributed by atoms with Gasteiger partial charge >= 0.3 is 6.03 Å². The summed E-state index contributed by atoms with van der Waals surface area (Å²) in [6.45, 7) is 2.52. The molecule has 6 nitrogen and oxygen atoms in total. The predicted octanol–water partition coefficient (Wildman–Crippen LogP) is 2.29. The number of carbonyl (C=O) groups excluding carboxylic acids is 1. The standard InChI is InChI=1S/C15H32N4O2/c16-18-15(20)19(17)11-8-6-4-2-1-3-5-7-9-14-10-12-21-13-14/h14H,1-13,16-17H2,(H,18,20). The van der Waals surface area contributed by atoms with E-state index in [4.69, 9.17) is 16.4 Å². The molecular weight excluding hydrogens is 268 g/mol. The Kier molecular flexibility index (Phi) is 10.2. The number of amides is 2. The van der Waals surface area contributed by atoms with Crippen molar-refractivity contribution in [2.24, 2.45) is 17.6 Å². The van der Waals surface area contributed by atoms with Gasteiger partial charge in [0.05, 0.1) is 0 Å². The molecule has 1 atom stereocenters. The van der Waals surface area contributed by atoms with Crippen LogP contribution in [0.3, 0.4) is 0 Å². The number of unbranched alkanes of at least 4 members (excludes halogenated alkanes) is 7. The largest absolute Gasteiger partial charge is 0.381 e. The van der Waals surface area contributed by atoms with Crippen molar-refractivity contribution in [3.8, 4) is 0 Å². The molecule has 0 aromatic rings. The topological polar surface area (TPSA) is 93.6 Å². The molecule has 21 heavy (non-hydrogen) atoms. The van der Waals surface area contributed by atoms with Gasteiger partial charge in [0.2, 0.25) is 0 Å². The zero-order valence-corrected chi connectivity index (χ0v) is 13.2. The number of nitrogens with two attached hydrogens (primary N) is 2. The second-order valence-electron chi connectivity index (χ2n) is 5.99. The maximum Gasteiger partial charge on any atom is 0.345 e. The summed E-state index contributed by atoms with van der Waals surface area (Å²) < 4.78 is 5.38. The zero-order valence-electron chi connectivity index (χ0n) is 13.2. The highest BCUT2D eigenvalue weighted by Gasteiger charge is 2.14. The summed E-state index contributed by atoms with van der Waals surface area (Å²) >= 11 is 0. The SMILES string of the molecule is NNC(=O)N(N)CCCCCCCCCCC1CCOC1. The van der Waals surface area contributed by atoms with E-state index in [1.54, 1.807) is 0 Å². The smallest absolute Gasteiger partial charge is 0.345 e. The van der Waals surface area contributed by atoms with E-state index in [0.29, 0.717) is 6.54 Å². The van der Waals surface area contributed by atoms with Crippen molar-refractivity contribution in [2.75, 3.05) is 19.8 Å². The lowest BCUT2D eigenvalue weighted by Gasteiger charge is -2.15. The highest BCUT2D eigenvalue weighted by Crippen LogP contribution is 2.20. The van der Waals surface area contributed by atoms with Gasteiger partial charge in [-0.3, -0.25) is 10.4 Å². The maximum atomic E-state index is 11.0. The maximum absolute atomic E-state index is 11.0. The van der Waals surface area contributed by atoms with E-state index in [1.807, 2.05) is 5.43 Å². The van der Waals surface area contributed by atoms with Gasteiger partial charge in [-0.25, -0.2) is 16.5 Å². The summed E-state index contributed by atoms with van der Waals surface area (Å²) in [6, 6.07) is -0.428. The van der Waals surface area contributed by atoms with Gasteiger partial charge in [-0.15, -0.1) is 0 Å². The quantitative estimate of drug-likeness (QED) is 0.236. The predicted molar refractivity (Wildman–Crippen MR) is 84.1 cm³/mol. The third-order valence-corrected chi connectivity index (χ3v) is 4.17. The average molecular weight is 300 g/mol. The van der Waals surface area contributed by atoms with Crippen LogP contribution in [0.5, 0.6) is 0 Å². The van der Waals surface area contributed by atoms with Crippen molar-refractivity contribution in [3.63, 3.8) is 0 Å². The molecule has 6 heteroatoms. The molecular formula is C15H32N4O2. The molecule has 0 spiro atoms. The molecule has 0 aromatic carbocycles. The Morgan fingerprint density at radius 3 is 2.29 bits per heavy atom. The Morgan fingerprint density at radius 1 is 1.10 bits per heavy atom. The summed E-state index contributed by atoms with van der Waals surface area (Å²) in [7, 11) is 0. The fourth-order valence-electron chi connectivity index (χ4n) is 2.77. The molecule has 0 bridgehead atoms. The van der Waals surface area contributed by atoms with Gasteiger partial charge < -0.3 is 4.74 Å². The van der Waals surface area contributed by atoms with Gasteiger partial charge in [0.15, 0.2) is 0 Å². The second-order valence-corrected chi connectivity index (χ2v) is 5.99. The molecule has 0 saturated carbocycles. The monoisotopic (exact) mass is 300 g/mol. The Balaban J connectivity index is 1.77. The lowest BCUT2D eigenvalue weighted by Crippen LogP contribution is -2.47. The van der Waals surface area contributed by atoms with Crippen molar-refractivity contribution < 1.29 is 9.53 Å². The molecule has 1 aliphatic heterocycles. The van der Waals surface area contributed by atoms with Gasteiger partial charge in [-0.2, -0.15) is 0 Å². The number of rotatable bonds is 11. The first-order chi connectivity index (χ1) is 10.2. The van der Waals surface area contributed by atoms with E-state index < -0.39 is 6.03 Å². The summed E-state index contributed by atoms with van der Waals surface area (Å²) in [4.78, 5) is 11.0. The van der Waals surface area contributed by atoms with Crippen LogP contribution < -0.4 is 17.1 Å². The Bertz CT molecular complexity index is 270. The van der Waals surface area contributed by atoms with Crippen LogP contribution in [0, 0.1) is 5.92 Å². The van der Waals surface area contributed by atoms with Gasteiger partial charge in [0.25, 0.3) is 0 Å². The molecule has 1 aliphatic rings. The average Bonchev–Trinajstić information content (AvgIpc) is 3.01. The molecule has 1 heterocycles. The third kappa shape index (κ3) is 8.90. The fourth-order valence-corrected chi connectivity index (χ4v) is 2.77. The van der Waals surface area contributed by atoms with Crippen LogP contribution in [0.25, 0.3) is 0 Å². The third-order valence-electron chi connectivity index (χ3n) is 4.17. The van der Waals surface area contributed by atoms with E-state index in [9.17, 15) is 4.79 Å². The van der Waals surface area contributed by atoms with Crippen molar-refractivity contribution >= 4 is 6.03 Å². The van der Waals surface area contributed by atoms with Crippen LogP contribution in [0.1, 0.15) is 64.2 Å². The van der Waals surface area contributed by atoms with Crippen LogP contribution in [0.4, 0.5) is 4.79 Å². The number of hydrogen-bond donors (Lipinski definition) is 3. The Morgan fingerprint density at radius 2 is 1.71 bits per heavy atom. The number of carbonyl (C=O) groups is 1. The van der Waals surface area contributed by atoms with Crippen molar-refractivity contribution in [1.82, 2.24) is 10.4 Å². The summed E-state index contributed by atoms with van der Waals surface area (Å²) in [5.41, 5.74) is 2.02. The molecule has 1 saturated heterocycles. The van der Waals surface area contributed by atoms with E-state index in [-0.39, 0.29) is 0 Å². The van der Waals surface area contributed by atoms with Crippen molar-refractivity contribution in [3.05, 3.63) is 0 Å². The molecule has 0 radical (unpaired) electrons. The molecule has 2 amide bonds. The minimum Gasteiger partial charge on any atom is -0.381 e. The van der Waals surface area contributed by atoms with Gasteiger partial charge in [0.1, 0.15) is 0 Å². The fraction of sp³-hybridized carbons (Fsp3) is 0.933. The van der Waals surface area contributed by atoms with Crippen LogP contribution in [0.2, 0.25) is 0 Å². The van der Waals surface area contributed by atoms with Crippen LogP contribution in [-0.2, 0) is 4.74 Å². The minimum atomic E-state index is -0.428. The normalized spacial score (nSPS) is 17.9. The number of nitrogens with zero attached hydrogens (tertiary/aromatic N) is 1. The number of ether oxygens (including phenoxy) is 1. The second kappa shape index (κ2) is 11.8. The Hall–Kier alpha value is -0.850.